The first-order valence-corrected chi connectivity index (χ1v) is 5.96. The Balaban J connectivity index is 2.15. The summed E-state index contributed by atoms with van der Waals surface area (Å²) >= 11 is 5.98. The van der Waals surface area contributed by atoms with E-state index in [0.29, 0.717) is 0 Å². The monoisotopic (exact) mass is 249 g/mol. The molecule has 1 aromatic heterocycles. The van der Waals surface area contributed by atoms with Crippen molar-refractivity contribution in [2.45, 2.75) is 12.5 Å². The number of hydrogen-bond acceptors (Lipinski definition) is 2. The number of benzene rings is 1. The molecule has 0 bridgehead atoms. The minimum atomic E-state index is 0.217. The molecule has 0 saturated carbocycles. The maximum absolute atomic E-state index is 5.98. The molecule has 4 heteroatoms. The summed E-state index contributed by atoms with van der Waals surface area (Å²) in [5.41, 5.74) is 2.26. The van der Waals surface area contributed by atoms with Gasteiger partial charge >= 0.3 is 0 Å². The average Bonchev–Trinajstić information content (AvgIpc) is 2.73. The number of rotatable bonds is 4. The van der Waals surface area contributed by atoms with E-state index in [1.165, 1.54) is 5.56 Å². The number of likely N-dealkylation sites (N-methyl/N-ethyl adjacent to an activating group) is 1. The van der Waals surface area contributed by atoms with Gasteiger partial charge in [-0.3, -0.25) is 0 Å². The zero-order chi connectivity index (χ0) is 12.3. The molecule has 0 aliphatic rings. The normalized spacial score (nSPS) is 12.6. The molecular weight excluding hydrogens is 234 g/mol. The van der Waals surface area contributed by atoms with Crippen LogP contribution < -0.4 is 5.32 Å². The number of halogens is 1. The van der Waals surface area contributed by atoms with Crippen LogP contribution in [-0.4, -0.2) is 16.6 Å². The maximum atomic E-state index is 5.98. The Morgan fingerprint density at radius 2 is 2.29 bits per heavy atom. The molecule has 1 N–H and O–H groups in total. The number of nitrogens with zero attached hydrogens (tertiary/aromatic N) is 2. The van der Waals surface area contributed by atoms with Gasteiger partial charge in [-0.15, -0.1) is 0 Å². The summed E-state index contributed by atoms with van der Waals surface area (Å²) in [4.78, 5) is 4.37. The van der Waals surface area contributed by atoms with Crippen LogP contribution in [0.3, 0.4) is 0 Å². The van der Waals surface area contributed by atoms with Crippen LogP contribution in [-0.2, 0) is 13.5 Å². The summed E-state index contributed by atoms with van der Waals surface area (Å²) < 4.78 is 1.96. The average molecular weight is 250 g/mol. The zero-order valence-corrected chi connectivity index (χ0v) is 10.8. The van der Waals surface area contributed by atoms with E-state index in [1.54, 1.807) is 0 Å². The van der Waals surface area contributed by atoms with Gasteiger partial charge in [-0.25, -0.2) is 4.98 Å². The van der Waals surface area contributed by atoms with E-state index in [-0.39, 0.29) is 6.04 Å². The second kappa shape index (κ2) is 5.34. The molecule has 0 spiro atoms. The van der Waals surface area contributed by atoms with Crippen molar-refractivity contribution in [3.05, 3.63) is 53.1 Å². The minimum Gasteiger partial charge on any atom is -0.340 e. The Morgan fingerprint density at radius 1 is 1.47 bits per heavy atom. The van der Waals surface area contributed by atoms with Gasteiger partial charge < -0.3 is 9.88 Å². The highest BCUT2D eigenvalue weighted by molar-refractivity contribution is 6.30. The first kappa shape index (κ1) is 12.1. The Hall–Kier alpha value is -1.32. The van der Waals surface area contributed by atoms with E-state index < -0.39 is 0 Å². The van der Waals surface area contributed by atoms with Crippen LogP contribution in [0, 0.1) is 0 Å². The fraction of sp³-hybridized carbons (Fsp3) is 0.308. The van der Waals surface area contributed by atoms with Gasteiger partial charge in [0.25, 0.3) is 0 Å². The largest absolute Gasteiger partial charge is 0.340 e. The smallest absolute Gasteiger partial charge is 0.0947 e. The van der Waals surface area contributed by atoms with Crippen molar-refractivity contribution >= 4 is 11.6 Å². The third kappa shape index (κ3) is 3.08. The van der Waals surface area contributed by atoms with Gasteiger partial charge in [0.1, 0.15) is 0 Å². The van der Waals surface area contributed by atoms with Gasteiger partial charge in [0.15, 0.2) is 0 Å². The third-order valence-corrected chi connectivity index (χ3v) is 2.99. The summed E-state index contributed by atoms with van der Waals surface area (Å²) in [6.07, 6.45) is 4.73. The van der Waals surface area contributed by atoms with Crippen LogP contribution in [0.5, 0.6) is 0 Å². The van der Waals surface area contributed by atoms with E-state index in [1.807, 2.05) is 49.4 Å². The van der Waals surface area contributed by atoms with Crippen LogP contribution in [0.1, 0.15) is 17.3 Å². The molecule has 1 atom stereocenters. The molecule has 1 unspecified atom stereocenters. The van der Waals surface area contributed by atoms with Crippen molar-refractivity contribution in [2.24, 2.45) is 7.05 Å². The second-order valence-electron chi connectivity index (χ2n) is 4.14. The van der Waals surface area contributed by atoms with E-state index in [4.69, 9.17) is 11.6 Å². The molecule has 2 aromatic rings. The Bertz CT molecular complexity index is 493. The Kier molecular flexibility index (Phi) is 3.82. The Morgan fingerprint density at radius 3 is 2.88 bits per heavy atom. The molecular formula is C13H16ClN3. The van der Waals surface area contributed by atoms with Crippen molar-refractivity contribution in [1.29, 1.82) is 0 Å². The van der Waals surface area contributed by atoms with Crippen LogP contribution in [0.25, 0.3) is 0 Å². The van der Waals surface area contributed by atoms with E-state index >= 15 is 0 Å². The van der Waals surface area contributed by atoms with Gasteiger partial charge in [0.05, 0.1) is 18.1 Å². The first-order valence-electron chi connectivity index (χ1n) is 5.58. The minimum absolute atomic E-state index is 0.217. The lowest BCUT2D eigenvalue weighted by Crippen LogP contribution is -2.19. The molecule has 0 amide bonds. The van der Waals surface area contributed by atoms with Crippen LogP contribution >= 0.6 is 11.6 Å². The molecule has 0 radical (unpaired) electrons. The third-order valence-electron chi connectivity index (χ3n) is 2.76. The van der Waals surface area contributed by atoms with Gasteiger partial charge in [0.2, 0.25) is 0 Å². The second-order valence-corrected chi connectivity index (χ2v) is 4.58. The number of hydrogen-bond donors (Lipinski definition) is 1. The predicted octanol–water partition coefficient (Wildman–Crippen LogP) is 2.58. The van der Waals surface area contributed by atoms with Crippen LogP contribution in [0.2, 0.25) is 5.02 Å². The molecule has 0 fully saturated rings. The highest BCUT2D eigenvalue weighted by atomic mass is 35.5. The molecule has 17 heavy (non-hydrogen) atoms. The molecule has 3 nitrogen and oxygen atoms in total. The molecule has 90 valence electrons. The molecule has 0 saturated heterocycles. The highest BCUT2D eigenvalue weighted by Gasteiger charge is 2.12. The number of nitrogens with one attached hydrogen (secondary N) is 1. The van der Waals surface area contributed by atoms with E-state index in [0.717, 1.165) is 17.1 Å². The molecule has 0 aliphatic carbocycles. The molecule has 1 heterocycles. The lowest BCUT2D eigenvalue weighted by atomic mass is 10.0. The van der Waals surface area contributed by atoms with E-state index in [2.05, 4.69) is 16.4 Å². The summed E-state index contributed by atoms with van der Waals surface area (Å²) in [5, 5.41) is 4.06. The molecule has 1 aromatic carbocycles. The van der Waals surface area contributed by atoms with Gasteiger partial charge in [-0.2, -0.15) is 0 Å². The summed E-state index contributed by atoms with van der Waals surface area (Å²) in [6, 6.07) is 8.16. The molecule has 2 rings (SSSR count). The number of imidazole rings is 1. The summed E-state index contributed by atoms with van der Waals surface area (Å²) in [6.45, 7) is 0. The van der Waals surface area contributed by atoms with Gasteiger partial charge in [0, 0.05) is 18.3 Å². The predicted molar refractivity (Wildman–Crippen MR) is 70.2 cm³/mol. The van der Waals surface area contributed by atoms with Crippen molar-refractivity contribution in [2.75, 3.05) is 7.05 Å². The van der Waals surface area contributed by atoms with Gasteiger partial charge in [-0.1, -0.05) is 23.7 Å². The van der Waals surface area contributed by atoms with Crippen molar-refractivity contribution in [3.8, 4) is 0 Å². The van der Waals surface area contributed by atoms with Crippen molar-refractivity contribution in [1.82, 2.24) is 14.9 Å². The van der Waals surface area contributed by atoms with Crippen LogP contribution in [0.15, 0.2) is 36.8 Å². The van der Waals surface area contributed by atoms with Crippen molar-refractivity contribution in [3.63, 3.8) is 0 Å². The van der Waals surface area contributed by atoms with E-state index in [9.17, 15) is 0 Å². The van der Waals surface area contributed by atoms with Crippen molar-refractivity contribution < 1.29 is 0 Å². The number of aryl methyl sites for hydroxylation is 1. The zero-order valence-electron chi connectivity index (χ0n) is 10.0. The standard InChI is InChI=1S/C13H16ClN3/c1-15-12(13-8-17(2)9-16-13)7-10-4-3-5-11(14)6-10/h3-6,8-9,12,15H,7H2,1-2H3. The van der Waals surface area contributed by atoms with Crippen LogP contribution in [0.4, 0.5) is 0 Å². The topological polar surface area (TPSA) is 29.9 Å². The highest BCUT2D eigenvalue weighted by Crippen LogP contribution is 2.18. The lowest BCUT2D eigenvalue weighted by Gasteiger charge is -2.13. The fourth-order valence-electron chi connectivity index (χ4n) is 1.87. The number of aromatic nitrogens is 2. The Labute approximate surface area is 106 Å². The quantitative estimate of drug-likeness (QED) is 0.903. The summed E-state index contributed by atoms with van der Waals surface area (Å²) in [5.74, 6) is 0. The maximum Gasteiger partial charge on any atom is 0.0947 e. The first-order chi connectivity index (χ1) is 8.19. The summed E-state index contributed by atoms with van der Waals surface area (Å²) in [7, 11) is 3.92. The fourth-order valence-corrected chi connectivity index (χ4v) is 2.08. The van der Waals surface area contributed by atoms with Gasteiger partial charge in [-0.05, 0) is 31.2 Å². The molecule has 0 aliphatic heterocycles. The lowest BCUT2D eigenvalue weighted by molar-refractivity contribution is 0.578. The SMILES string of the molecule is CNC(Cc1cccc(Cl)c1)c1cn(C)cn1.